The van der Waals surface area contributed by atoms with Crippen molar-refractivity contribution >= 4 is 5.96 Å². The van der Waals surface area contributed by atoms with E-state index in [1.807, 2.05) is 42.5 Å². The fourth-order valence-electron chi connectivity index (χ4n) is 3.05. The molecular weight excluding hydrogens is 312 g/mol. The number of nitrogens with one attached hydrogen (secondary N) is 1. The van der Waals surface area contributed by atoms with Crippen LogP contribution in [0.2, 0.25) is 0 Å². The van der Waals surface area contributed by atoms with Gasteiger partial charge in [-0.15, -0.1) is 0 Å². The van der Waals surface area contributed by atoms with E-state index in [0.29, 0.717) is 25.2 Å². The van der Waals surface area contributed by atoms with Gasteiger partial charge in [0.2, 0.25) is 0 Å². The fourth-order valence-corrected chi connectivity index (χ4v) is 3.05. The highest BCUT2D eigenvalue weighted by Gasteiger charge is 2.13. The average Bonchev–Trinajstić information content (AvgIpc) is 2.67. The second kappa shape index (κ2) is 9.06. The summed E-state index contributed by atoms with van der Waals surface area (Å²) in [4.78, 5) is 8.72. The molecule has 1 aliphatic carbocycles. The molecule has 5 heteroatoms. The van der Waals surface area contributed by atoms with E-state index in [-0.39, 0.29) is 0 Å². The summed E-state index contributed by atoms with van der Waals surface area (Å²) >= 11 is 0. The van der Waals surface area contributed by atoms with E-state index in [2.05, 4.69) is 15.3 Å². The smallest absolute Gasteiger partial charge is 0.189 e. The monoisotopic (exact) mass is 338 g/mol. The molecule has 0 radical (unpaired) electrons. The van der Waals surface area contributed by atoms with Gasteiger partial charge in [-0.3, -0.25) is 4.98 Å². The normalized spacial score (nSPS) is 15.8. The number of hydrogen-bond donors (Lipinski definition) is 2. The minimum Gasteiger partial charge on any atom is -0.487 e. The summed E-state index contributed by atoms with van der Waals surface area (Å²) in [5, 5.41) is 3.34. The van der Waals surface area contributed by atoms with E-state index < -0.39 is 0 Å². The van der Waals surface area contributed by atoms with Gasteiger partial charge in [-0.2, -0.15) is 0 Å². The van der Waals surface area contributed by atoms with Crippen molar-refractivity contribution < 1.29 is 4.74 Å². The zero-order valence-corrected chi connectivity index (χ0v) is 14.5. The van der Waals surface area contributed by atoms with Crippen molar-refractivity contribution in [2.24, 2.45) is 10.7 Å². The topological polar surface area (TPSA) is 72.5 Å². The summed E-state index contributed by atoms with van der Waals surface area (Å²) in [5.41, 5.74) is 8.01. The van der Waals surface area contributed by atoms with E-state index in [4.69, 9.17) is 10.5 Å². The first-order valence-electron chi connectivity index (χ1n) is 8.98. The van der Waals surface area contributed by atoms with Gasteiger partial charge in [-0.1, -0.05) is 37.5 Å². The Kier molecular flexibility index (Phi) is 6.26. The molecule has 0 spiro atoms. The van der Waals surface area contributed by atoms with Gasteiger partial charge >= 0.3 is 0 Å². The predicted molar refractivity (Wildman–Crippen MR) is 100 cm³/mol. The minimum absolute atomic E-state index is 0.457. The van der Waals surface area contributed by atoms with Crippen molar-refractivity contribution in [2.45, 2.75) is 51.3 Å². The van der Waals surface area contributed by atoms with Crippen LogP contribution in [0.3, 0.4) is 0 Å². The number of nitrogens with two attached hydrogens (primary N) is 1. The number of nitrogens with zero attached hydrogens (tertiary/aromatic N) is 2. The molecular formula is C20H26N4O. The summed E-state index contributed by atoms with van der Waals surface area (Å²) in [5.74, 6) is 1.35. The highest BCUT2D eigenvalue weighted by Crippen LogP contribution is 2.17. The molecule has 0 atom stereocenters. The predicted octanol–water partition coefficient (Wildman–Crippen LogP) is 3.40. The van der Waals surface area contributed by atoms with Crippen LogP contribution in [0.4, 0.5) is 0 Å². The summed E-state index contributed by atoms with van der Waals surface area (Å²) in [6.45, 7) is 1.01. The zero-order chi connectivity index (χ0) is 17.3. The van der Waals surface area contributed by atoms with Gasteiger partial charge < -0.3 is 15.8 Å². The lowest BCUT2D eigenvalue weighted by atomic mass is 9.96. The molecule has 132 valence electrons. The molecule has 25 heavy (non-hydrogen) atoms. The number of pyridine rings is 1. The lowest BCUT2D eigenvalue weighted by Crippen LogP contribution is -2.41. The van der Waals surface area contributed by atoms with Crippen LogP contribution in [0.1, 0.15) is 43.4 Å². The molecule has 1 heterocycles. The first-order valence-corrected chi connectivity index (χ1v) is 8.98. The van der Waals surface area contributed by atoms with E-state index in [9.17, 15) is 0 Å². The van der Waals surface area contributed by atoms with Gasteiger partial charge in [0.15, 0.2) is 5.96 Å². The van der Waals surface area contributed by atoms with Crippen molar-refractivity contribution in [1.82, 2.24) is 10.3 Å². The number of benzene rings is 1. The van der Waals surface area contributed by atoms with Crippen molar-refractivity contribution in [3.63, 3.8) is 0 Å². The van der Waals surface area contributed by atoms with Crippen molar-refractivity contribution in [3.8, 4) is 5.75 Å². The lowest BCUT2D eigenvalue weighted by Gasteiger charge is -2.23. The third kappa shape index (κ3) is 5.78. The summed E-state index contributed by atoms with van der Waals surface area (Å²) in [7, 11) is 0. The quantitative estimate of drug-likeness (QED) is 0.625. The largest absolute Gasteiger partial charge is 0.487 e. The summed E-state index contributed by atoms with van der Waals surface area (Å²) in [6.07, 6.45) is 8.04. The van der Waals surface area contributed by atoms with Crippen LogP contribution in [0.5, 0.6) is 5.75 Å². The molecule has 1 saturated carbocycles. The number of guanidine groups is 1. The highest BCUT2D eigenvalue weighted by molar-refractivity contribution is 5.78. The number of aromatic nitrogens is 1. The Morgan fingerprint density at radius 2 is 2.04 bits per heavy atom. The average molecular weight is 338 g/mol. The number of rotatable bonds is 6. The molecule has 0 bridgehead atoms. The molecule has 3 rings (SSSR count). The first-order chi connectivity index (χ1) is 12.3. The molecule has 2 aromatic rings. The molecule has 0 amide bonds. The standard InChI is InChI=1S/C20H26N4O/c21-20(24-17-8-2-1-3-9-17)23-14-16-7-6-11-19(13-16)25-15-18-10-4-5-12-22-18/h4-7,10-13,17H,1-3,8-9,14-15H2,(H3,21,23,24). The molecule has 5 nitrogen and oxygen atoms in total. The molecule has 1 fully saturated rings. The third-order valence-electron chi connectivity index (χ3n) is 4.40. The molecule has 0 aliphatic heterocycles. The zero-order valence-electron chi connectivity index (χ0n) is 14.5. The van der Waals surface area contributed by atoms with Gasteiger partial charge in [0.05, 0.1) is 12.2 Å². The SMILES string of the molecule is NC(=NCc1cccc(OCc2ccccn2)c1)NC1CCCCC1. The molecule has 3 N–H and O–H groups in total. The second-order valence-electron chi connectivity index (χ2n) is 6.44. The van der Waals surface area contributed by atoms with Crippen LogP contribution < -0.4 is 15.8 Å². The first kappa shape index (κ1) is 17.3. The van der Waals surface area contributed by atoms with Crippen molar-refractivity contribution in [1.29, 1.82) is 0 Å². The van der Waals surface area contributed by atoms with E-state index in [1.54, 1.807) is 6.20 Å². The maximum absolute atomic E-state index is 6.02. The van der Waals surface area contributed by atoms with Gasteiger partial charge in [-0.25, -0.2) is 4.99 Å². The van der Waals surface area contributed by atoms with Crippen molar-refractivity contribution in [2.75, 3.05) is 0 Å². The van der Waals surface area contributed by atoms with Crippen LogP contribution in [0.25, 0.3) is 0 Å². The molecule has 1 aromatic carbocycles. The van der Waals surface area contributed by atoms with E-state index in [0.717, 1.165) is 17.0 Å². The molecule has 1 aliphatic rings. The van der Waals surface area contributed by atoms with E-state index in [1.165, 1.54) is 32.1 Å². The van der Waals surface area contributed by atoms with E-state index >= 15 is 0 Å². The lowest BCUT2D eigenvalue weighted by molar-refractivity contribution is 0.301. The van der Waals surface area contributed by atoms with Crippen molar-refractivity contribution in [3.05, 3.63) is 59.9 Å². The Morgan fingerprint density at radius 3 is 2.84 bits per heavy atom. The Morgan fingerprint density at radius 1 is 1.16 bits per heavy atom. The van der Waals surface area contributed by atoms with Crippen LogP contribution in [0.15, 0.2) is 53.7 Å². The van der Waals surface area contributed by atoms with Gasteiger partial charge in [0.25, 0.3) is 0 Å². The Balaban J connectivity index is 1.51. The molecule has 1 aromatic heterocycles. The second-order valence-corrected chi connectivity index (χ2v) is 6.44. The summed E-state index contributed by atoms with van der Waals surface area (Å²) in [6, 6.07) is 14.2. The Hall–Kier alpha value is -2.56. The van der Waals surface area contributed by atoms with Gasteiger partial charge in [-0.05, 0) is 42.7 Å². The fraction of sp³-hybridized carbons (Fsp3) is 0.400. The third-order valence-corrected chi connectivity index (χ3v) is 4.40. The number of aliphatic imine (C=N–C) groups is 1. The Bertz CT molecular complexity index is 681. The molecule has 0 saturated heterocycles. The van der Waals surface area contributed by atoms with Crippen LogP contribution in [-0.4, -0.2) is 17.0 Å². The minimum atomic E-state index is 0.457. The van der Waals surface area contributed by atoms with Crippen LogP contribution in [0, 0.1) is 0 Å². The number of hydrogen-bond acceptors (Lipinski definition) is 3. The van der Waals surface area contributed by atoms with Gasteiger partial charge in [0, 0.05) is 12.2 Å². The molecule has 0 unspecified atom stereocenters. The number of ether oxygens (including phenoxy) is 1. The Labute approximate surface area is 149 Å². The maximum atomic E-state index is 6.02. The van der Waals surface area contributed by atoms with Crippen LogP contribution in [-0.2, 0) is 13.2 Å². The van der Waals surface area contributed by atoms with Gasteiger partial charge in [0.1, 0.15) is 12.4 Å². The maximum Gasteiger partial charge on any atom is 0.189 e. The van der Waals surface area contributed by atoms with Crippen LogP contribution >= 0.6 is 0 Å². The highest BCUT2D eigenvalue weighted by atomic mass is 16.5. The summed E-state index contributed by atoms with van der Waals surface area (Å²) < 4.78 is 5.80.